The third-order valence-electron chi connectivity index (χ3n) is 6.42. The molecule has 2 aliphatic rings. The summed E-state index contributed by atoms with van der Waals surface area (Å²) in [5.74, 6) is 0.874. The Morgan fingerprint density at radius 1 is 0.963 bits per heavy atom. The zero-order valence-corrected chi connectivity index (χ0v) is 16.3. The molecule has 3 nitrogen and oxygen atoms in total. The summed E-state index contributed by atoms with van der Waals surface area (Å²) in [6.07, 6.45) is 4.41. The molecule has 2 aliphatic heterocycles. The first kappa shape index (κ1) is 18.2. The molecule has 0 radical (unpaired) electrons. The van der Waals surface area contributed by atoms with Crippen LogP contribution >= 0.6 is 0 Å². The fourth-order valence-corrected chi connectivity index (χ4v) is 4.86. The zero-order valence-electron chi connectivity index (χ0n) is 16.3. The third kappa shape index (κ3) is 3.93. The van der Waals surface area contributed by atoms with Crippen LogP contribution in [-0.4, -0.2) is 41.4 Å². The fraction of sp³-hybridized carbons (Fsp3) is 0.458. The van der Waals surface area contributed by atoms with E-state index < -0.39 is 0 Å². The lowest BCUT2D eigenvalue weighted by molar-refractivity contribution is -0.137. The minimum absolute atomic E-state index is 0.0541. The first-order valence-corrected chi connectivity index (χ1v) is 10.4. The summed E-state index contributed by atoms with van der Waals surface area (Å²) < 4.78 is 0. The smallest absolute Gasteiger partial charge is 0.240 e. The van der Waals surface area contributed by atoms with Gasteiger partial charge < -0.3 is 4.90 Å². The molecule has 0 saturated carbocycles. The maximum Gasteiger partial charge on any atom is 0.240 e. The number of carbonyl (C=O) groups is 1. The Kier molecular flexibility index (Phi) is 5.58. The minimum Gasteiger partial charge on any atom is -0.341 e. The number of hydrogen-bond donors (Lipinski definition) is 0. The van der Waals surface area contributed by atoms with E-state index >= 15 is 0 Å². The van der Waals surface area contributed by atoms with Crippen molar-refractivity contribution in [2.45, 2.75) is 44.7 Å². The van der Waals surface area contributed by atoms with Crippen molar-refractivity contribution in [3.8, 4) is 0 Å². The van der Waals surface area contributed by atoms with Crippen LogP contribution in [0.4, 0.5) is 0 Å². The van der Waals surface area contributed by atoms with Crippen molar-refractivity contribution in [2.75, 3.05) is 19.6 Å². The van der Waals surface area contributed by atoms with Crippen molar-refractivity contribution in [3.63, 3.8) is 0 Å². The van der Waals surface area contributed by atoms with Crippen LogP contribution in [0, 0.1) is 5.92 Å². The van der Waals surface area contributed by atoms with Gasteiger partial charge in [-0.05, 0) is 56.2 Å². The number of rotatable bonds is 5. The minimum atomic E-state index is 0.0541. The molecule has 4 rings (SSSR count). The van der Waals surface area contributed by atoms with Crippen molar-refractivity contribution in [2.24, 2.45) is 5.92 Å². The molecule has 3 atom stereocenters. The average molecular weight is 363 g/mol. The predicted molar refractivity (Wildman–Crippen MR) is 109 cm³/mol. The van der Waals surface area contributed by atoms with E-state index in [1.165, 1.54) is 17.5 Å². The van der Waals surface area contributed by atoms with E-state index in [0.717, 1.165) is 38.9 Å². The highest BCUT2D eigenvalue weighted by atomic mass is 16.2. The first-order chi connectivity index (χ1) is 13.2. The van der Waals surface area contributed by atoms with E-state index in [0.29, 0.717) is 17.9 Å². The second-order valence-corrected chi connectivity index (χ2v) is 8.02. The summed E-state index contributed by atoms with van der Waals surface area (Å²) in [5, 5.41) is 0. The molecule has 2 aromatic rings. The van der Waals surface area contributed by atoms with Gasteiger partial charge in [0.15, 0.2) is 0 Å². The summed E-state index contributed by atoms with van der Waals surface area (Å²) in [6.45, 7) is 5.03. The quantitative estimate of drug-likeness (QED) is 0.792. The molecule has 1 amide bonds. The number of benzene rings is 2. The molecule has 142 valence electrons. The van der Waals surface area contributed by atoms with Gasteiger partial charge in [-0.15, -0.1) is 0 Å². The topological polar surface area (TPSA) is 23.6 Å². The van der Waals surface area contributed by atoms with Crippen molar-refractivity contribution < 1.29 is 4.79 Å². The van der Waals surface area contributed by atoms with Gasteiger partial charge in [0.25, 0.3) is 0 Å². The lowest BCUT2D eigenvalue weighted by Crippen LogP contribution is -2.48. The average Bonchev–Trinajstić information content (AvgIpc) is 3.08. The molecule has 27 heavy (non-hydrogen) atoms. The van der Waals surface area contributed by atoms with Crippen LogP contribution in [0.15, 0.2) is 60.7 Å². The Hall–Kier alpha value is -2.13. The molecular formula is C24H30N2O. The largest absolute Gasteiger partial charge is 0.341 e. The number of amides is 1. The molecule has 0 bridgehead atoms. The number of nitrogens with zero attached hydrogens (tertiary/aromatic N) is 2. The molecule has 0 aromatic heterocycles. The van der Waals surface area contributed by atoms with Gasteiger partial charge in [-0.1, -0.05) is 60.7 Å². The van der Waals surface area contributed by atoms with Gasteiger partial charge in [-0.3, -0.25) is 9.69 Å². The van der Waals surface area contributed by atoms with Gasteiger partial charge in [0.05, 0.1) is 6.04 Å². The molecule has 2 aromatic carbocycles. The summed E-state index contributed by atoms with van der Waals surface area (Å²) >= 11 is 0. The lowest BCUT2D eigenvalue weighted by atomic mass is 9.95. The summed E-state index contributed by atoms with van der Waals surface area (Å²) in [6, 6.07) is 21.5. The molecule has 2 fully saturated rings. The van der Waals surface area contributed by atoms with Gasteiger partial charge in [0.2, 0.25) is 5.91 Å². The highest BCUT2D eigenvalue weighted by molar-refractivity contribution is 5.83. The monoisotopic (exact) mass is 362 g/mol. The Bertz CT molecular complexity index is 745. The number of hydrogen-bond acceptors (Lipinski definition) is 2. The van der Waals surface area contributed by atoms with E-state index in [1.807, 2.05) is 6.07 Å². The normalized spacial score (nSPS) is 24.5. The van der Waals surface area contributed by atoms with Crippen LogP contribution in [0.2, 0.25) is 0 Å². The number of fused-ring (bicyclic) bond motifs is 1. The van der Waals surface area contributed by atoms with E-state index in [1.54, 1.807) is 0 Å². The van der Waals surface area contributed by atoms with Gasteiger partial charge in [-0.2, -0.15) is 0 Å². The molecule has 2 heterocycles. The SMILES string of the molecule is CC(c1ccccc1)N1CCC2CCCN(CCc3ccccc3)C(=O)[C@H]21. The van der Waals surface area contributed by atoms with Gasteiger partial charge in [0, 0.05) is 19.1 Å². The Morgan fingerprint density at radius 2 is 1.67 bits per heavy atom. The van der Waals surface area contributed by atoms with Crippen molar-refractivity contribution in [3.05, 3.63) is 71.8 Å². The van der Waals surface area contributed by atoms with Crippen LogP contribution in [-0.2, 0) is 11.2 Å². The molecule has 3 heteroatoms. The van der Waals surface area contributed by atoms with E-state index in [-0.39, 0.29) is 6.04 Å². The van der Waals surface area contributed by atoms with E-state index in [4.69, 9.17) is 0 Å². The van der Waals surface area contributed by atoms with E-state index in [9.17, 15) is 4.79 Å². The number of likely N-dealkylation sites (tertiary alicyclic amines) is 2. The number of carbonyl (C=O) groups excluding carboxylic acids is 1. The van der Waals surface area contributed by atoms with Gasteiger partial charge in [-0.25, -0.2) is 0 Å². The summed E-state index contributed by atoms with van der Waals surface area (Å²) in [7, 11) is 0. The first-order valence-electron chi connectivity index (χ1n) is 10.4. The Balaban J connectivity index is 1.49. The van der Waals surface area contributed by atoms with E-state index in [2.05, 4.69) is 71.3 Å². The maximum absolute atomic E-state index is 13.5. The summed E-state index contributed by atoms with van der Waals surface area (Å²) in [5.41, 5.74) is 2.62. The summed E-state index contributed by atoms with van der Waals surface area (Å²) in [4.78, 5) is 18.1. The van der Waals surface area contributed by atoms with Crippen molar-refractivity contribution in [1.29, 1.82) is 0 Å². The standard InChI is InChI=1S/C24H30N2O/c1-19(21-11-6-3-7-12-21)26-18-15-22-13-8-16-25(24(27)23(22)26)17-14-20-9-4-2-5-10-20/h2-7,9-12,19,22-23H,8,13-18H2,1H3/t19?,22?,23-/m0/s1. The van der Waals surface area contributed by atoms with Gasteiger partial charge in [0.1, 0.15) is 0 Å². The fourth-order valence-electron chi connectivity index (χ4n) is 4.86. The Labute approximate surface area is 163 Å². The van der Waals surface area contributed by atoms with Gasteiger partial charge >= 0.3 is 0 Å². The zero-order chi connectivity index (χ0) is 18.6. The van der Waals surface area contributed by atoms with Crippen LogP contribution in [0.3, 0.4) is 0 Å². The highest BCUT2D eigenvalue weighted by Gasteiger charge is 2.44. The Morgan fingerprint density at radius 3 is 2.41 bits per heavy atom. The molecule has 2 saturated heterocycles. The van der Waals surface area contributed by atoms with Crippen LogP contribution in [0.5, 0.6) is 0 Å². The maximum atomic E-state index is 13.5. The van der Waals surface area contributed by atoms with Crippen LogP contribution in [0.1, 0.15) is 43.4 Å². The molecular weight excluding hydrogens is 332 g/mol. The second-order valence-electron chi connectivity index (χ2n) is 8.02. The van der Waals surface area contributed by atoms with Crippen LogP contribution in [0.25, 0.3) is 0 Å². The molecule has 0 spiro atoms. The van der Waals surface area contributed by atoms with Crippen molar-refractivity contribution >= 4 is 5.91 Å². The third-order valence-corrected chi connectivity index (χ3v) is 6.42. The predicted octanol–water partition coefficient (Wildman–Crippen LogP) is 4.30. The lowest BCUT2D eigenvalue weighted by Gasteiger charge is -2.34. The second kappa shape index (κ2) is 8.26. The van der Waals surface area contributed by atoms with Crippen LogP contribution < -0.4 is 0 Å². The van der Waals surface area contributed by atoms with Crippen molar-refractivity contribution in [1.82, 2.24) is 9.80 Å². The molecule has 0 N–H and O–H groups in total. The molecule has 2 unspecified atom stereocenters. The highest BCUT2D eigenvalue weighted by Crippen LogP contribution is 2.37. The molecule has 0 aliphatic carbocycles.